The van der Waals surface area contributed by atoms with Gasteiger partial charge in [-0.05, 0) is 50.5 Å². The van der Waals surface area contributed by atoms with Gasteiger partial charge >= 0.3 is 0 Å². The van der Waals surface area contributed by atoms with E-state index in [-0.39, 0.29) is 24.0 Å². The van der Waals surface area contributed by atoms with E-state index in [4.69, 9.17) is 14.6 Å². The van der Waals surface area contributed by atoms with Crippen LogP contribution in [-0.2, 0) is 17.8 Å². The third kappa shape index (κ3) is 5.11. The van der Waals surface area contributed by atoms with Crippen molar-refractivity contribution in [2.24, 2.45) is 0 Å². The molecule has 1 N–H and O–H groups in total. The summed E-state index contributed by atoms with van der Waals surface area (Å²) in [5.41, 5.74) is 3.98. The minimum absolute atomic E-state index is 0.0928. The molecule has 3 atom stereocenters. The maximum absolute atomic E-state index is 13.4. The minimum atomic E-state index is -0.0928. The number of benzene rings is 2. The number of amides is 1. The lowest BCUT2D eigenvalue weighted by Gasteiger charge is -2.48. The van der Waals surface area contributed by atoms with Gasteiger partial charge < -0.3 is 14.8 Å². The van der Waals surface area contributed by atoms with Crippen molar-refractivity contribution in [1.29, 1.82) is 0 Å². The number of morpholine rings is 1. The van der Waals surface area contributed by atoms with E-state index in [0.717, 1.165) is 36.0 Å². The van der Waals surface area contributed by atoms with Crippen molar-refractivity contribution in [3.63, 3.8) is 0 Å². The molecule has 184 valence electrons. The van der Waals surface area contributed by atoms with Crippen LogP contribution in [0.25, 0.3) is 10.9 Å². The predicted octanol–water partition coefficient (Wildman–Crippen LogP) is 4.17. The zero-order chi connectivity index (χ0) is 24.4. The molecule has 0 aliphatic carbocycles. The molecular formula is C28H34N4O3. The molecule has 2 aromatic carbocycles. The monoisotopic (exact) mass is 474 g/mol. The smallest absolute Gasteiger partial charge is 0.272 e. The fourth-order valence-corrected chi connectivity index (χ4v) is 5.26. The quantitative estimate of drug-likeness (QED) is 0.521. The number of allylic oxidation sites excluding steroid dienone is 2. The number of methoxy groups -OCH3 is 1. The van der Waals surface area contributed by atoms with Crippen molar-refractivity contribution in [2.75, 3.05) is 20.3 Å². The van der Waals surface area contributed by atoms with E-state index in [1.165, 1.54) is 11.1 Å². The zero-order valence-electron chi connectivity index (χ0n) is 20.7. The van der Waals surface area contributed by atoms with Gasteiger partial charge in [-0.2, -0.15) is 5.10 Å². The second-order valence-electron chi connectivity index (χ2n) is 9.84. The standard InChI is InChI=1S/C28H34N4O3/c1-19(2)12-13-32-26-7-5-4-6-25(26)27(30-32)28(33)29-21-14-22-17-35-18-23(15-21)31(22)16-20-8-10-24(34-3)11-9-20/h4-12,21-23H,13-18H2,1-3H3,(H,29,33)/t21?,22-,23+. The Bertz CT molecular complexity index is 1200. The van der Waals surface area contributed by atoms with Gasteiger partial charge in [0.2, 0.25) is 0 Å². The molecule has 5 rings (SSSR count). The molecule has 3 heterocycles. The first kappa shape index (κ1) is 23.6. The molecule has 7 heteroatoms. The highest BCUT2D eigenvalue weighted by atomic mass is 16.5. The fourth-order valence-electron chi connectivity index (χ4n) is 5.26. The van der Waals surface area contributed by atoms with E-state index in [1.54, 1.807) is 7.11 Å². The van der Waals surface area contributed by atoms with Gasteiger partial charge in [-0.3, -0.25) is 14.4 Å². The zero-order valence-corrected chi connectivity index (χ0v) is 20.7. The summed E-state index contributed by atoms with van der Waals surface area (Å²) in [6, 6.07) is 16.9. The van der Waals surface area contributed by atoms with Crippen molar-refractivity contribution >= 4 is 16.8 Å². The van der Waals surface area contributed by atoms with Gasteiger partial charge in [-0.25, -0.2) is 0 Å². The highest BCUT2D eigenvalue weighted by molar-refractivity contribution is 6.05. The van der Waals surface area contributed by atoms with Gasteiger partial charge in [-0.15, -0.1) is 0 Å². The van der Waals surface area contributed by atoms with E-state index in [0.29, 0.717) is 25.5 Å². The molecule has 2 saturated heterocycles. The molecule has 0 spiro atoms. The molecule has 1 unspecified atom stereocenters. The normalized spacial score (nSPS) is 22.1. The van der Waals surface area contributed by atoms with E-state index < -0.39 is 0 Å². The summed E-state index contributed by atoms with van der Waals surface area (Å²) < 4.78 is 13.1. The molecule has 3 aromatic rings. The summed E-state index contributed by atoms with van der Waals surface area (Å²) in [6.07, 6.45) is 3.87. The number of hydrogen-bond donors (Lipinski definition) is 1. The Labute approximate surface area is 206 Å². The number of rotatable bonds is 7. The average molecular weight is 475 g/mol. The minimum Gasteiger partial charge on any atom is -0.497 e. The van der Waals surface area contributed by atoms with Crippen LogP contribution in [0.2, 0.25) is 0 Å². The second kappa shape index (κ2) is 10.2. The summed E-state index contributed by atoms with van der Waals surface area (Å²) in [7, 11) is 1.69. The topological polar surface area (TPSA) is 68.6 Å². The molecule has 2 fully saturated rings. The van der Waals surface area contributed by atoms with Crippen LogP contribution < -0.4 is 10.1 Å². The van der Waals surface area contributed by atoms with Gasteiger partial charge in [-0.1, -0.05) is 42.0 Å². The largest absolute Gasteiger partial charge is 0.497 e. The Morgan fingerprint density at radius 1 is 1.11 bits per heavy atom. The van der Waals surface area contributed by atoms with E-state index in [9.17, 15) is 4.79 Å². The van der Waals surface area contributed by atoms with Gasteiger partial charge in [0, 0.05) is 30.1 Å². The van der Waals surface area contributed by atoms with E-state index in [2.05, 4.69) is 42.3 Å². The van der Waals surface area contributed by atoms with Crippen molar-refractivity contribution < 1.29 is 14.3 Å². The summed E-state index contributed by atoms with van der Waals surface area (Å²) in [4.78, 5) is 15.9. The number of aromatic nitrogens is 2. The molecule has 0 radical (unpaired) electrons. The van der Waals surface area contributed by atoms with Crippen LogP contribution in [0.4, 0.5) is 0 Å². The van der Waals surface area contributed by atoms with Crippen molar-refractivity contribution in [3.05, 3.63) is 71.4 Å². The number of fused-ring (bicyclic) bond motifs is 3. The molecular weight excluding hydrogens is 440 g/mol. The Hall–Kier alpha value is -3.16. The van der Waals surface area contributed by atoms with E-state index in [1.807, 2.05) is 41.1 Å². The SMILES string of the molecule is COc1ccc(CN2[C@@H]3COC[C@H]2CC(NC(=O)c2nn(CC=C(C)C)c4ccccc24)C3)cc1. The third-order valence-corrected chi connectivity index (χ3v) is 7.08. The maximum atomic E-state index is 13.4. The highest BCUT2D eigenvalue weighted by Crippen LogP contribution is 2.30. The molecule has 2 aliphatic rings. The Morgan fingerprint density at radius 3 is 2.51 bits per heavy atom. The number of carbonyl (C=O) groups excluding carboxylic acids is 1. The highest BCUT2D eigenvalue weighted by Gasteiger charge is 2.39. The molecule has 35 heavy (non-hydrogen) atoms. The average Bonchev–Trinajstić information content (AvgIpc) is 3.22. The number of nitrogens with one attached hydrogen (secondary N) is 1. The maximum Gasteiger partial charge on any atom is 0.272 e. The molecule has 7 nitrogen and oxygen atoms in total. The summed E-state index contributed by atoms with van der Waals surface area (Å²) >= 11 is 0. The summed E-state index contributed by atoms with van der Waals surface area (Å²) in [6.45, 7) is 7.06. The van der Waals surface area contributed by atoms with Gasteiger partial charge in [0.25, 0.3) is 5.91 Å². The second-order valence-corrected chi connectivity index (χ2v) is 9.84. The molecule has 0 saturated carbocycles. The van der Waals surface area contributed by atoms with Crippen LogP contribution in [0.1, 0.15) is 42.7 Å². The number of hydrogen-bond acceptors (Lipinski definition) is 5. The van der Waals surface area contributed by atoms with Gasteiger partial charge in [0.05, 0.1) is 32.4 Å². The molecule has 2 aliphatic heterocycles. The molecule has 1 aromatic heterocycles. The van der Waals surface area contributed by atoms with Crippen LogP contribution in [0, 0.1) is 0 Å². The molecule has 2 bridgehead atoms. The first-order valence-electron chi connectivity index (χ1n) is 12.4. The van der Waals surface area contributed by atoms with Gasteiger partial charge in [0.15, 0.2) is 5.69 Å². The number of ether oxygens (including phenoxy) is 2. The Kier molecular flexibility index (Phi) is 6.88. The van der Waals surface area contributed by atoms with Crippen LogP contribution in [-0.4, -0.2) is 59.0 Å². The van der Waals surface area contributed by atoms with Crippen LogP contribution in [0.15, 0.2) is 60.2 Å². The van der Waals surface area contributed by atoms with Crippen molar-refractivity contribution in [3.8, 4) is 5.75 Å². The van der Waals surface area contributed by atoms with Crippen LogP contribution >= 0.6 is 0 Å². The lowest BCUT2D eigenvalue weighted by atomic mass is 9.89. The first-order valence-corrected chi connectivity index (χ1v) is 12.4. The Balaban J connectivity index is 1.29. The van der Waals surface area contributed by atoms with Crippen LogP contribution in [0.3, 0.4) is 0 Å². The Morgan fingerprint density at radius 2 is 1.83 bits per heavy atom. The van der Waals surface area contributed by atoms with Crippen LogP contribution in [0.5, 0.6) is 5.75 Å². The number of para-hydroxylation sites is 1. The third-order valence-electron chi connectivity index (χ3n) is 7.08. The number of carbonyl (C=O) groups is 1. The van der Waals surface area contributed by atoms with E-state index >= 15 is 0 Å². The number of piperidine rings is 1. The van der Waals surface area contributed by atoms with Crippen molar-refractivity contribution in [2.45, 2.75) is 57.9 Å². The summed E-state index contributed by atoms with van der Waals surface area (Å²) in [5, 5.41) is 8.90. The first-order chi connectivity index (χ1) is 17.0. The number of nitrogens with zero attached hydrogens (tertiary/aromatic N) is 3. The van der Waals surface area contributed by atoms with Crippen molar-refractivity contribution in [1.82, 2.24) is 20.0 Å². The predicted molar refractivity (Wildman–Crippen MR) is 137 cm³/mol. The fraction of sp³-hybridized carbons (Fsp3) is 0.429. The lowest BCUT2D eigenvalue weighted by Crippen LogP contribution is -2.60. The lowest BCUT2D eigenvalue weighted by molar-refractivity contribution is -0.0843. The summed E-state index contributed by atoms with van der Waals surface area (Å²) in [5.74, 6) is 0.777. The molecule has 1 amide bonds. The van der Waals surface area contributed by atoms with Gasteiger partial charge in [0.1, 0.15) is 5.75 Å².